The van der Waals surface area contributed by atoms with Crippen molar-refractivity contribution in [3.05, 3.63) is 34.9 Å². The Morgan fingerprint density at radius 3 is 2.90 bits per heavy atom. The van der Waals surface area contributed by atoms with Gasteiger partial charge in [-0.05, 0) is 55.8 Å². The van der Waals surface area contributed by atoms with E-state index in [1.165, 1.54) is 25.7 Å². The fourth-order valence-electron chi connectivity index (χ4n) is 6.03. The summed E-state index contributed by atoms with van der Waals surface area (Å²) >= 11 is 0. The molecule has 7 nitrogen and oxygen atoms in total. The maximum Gasteiger partial charge on any atom is 0.255 e. The molecule has 3 heterocycles. The molecule has 3 fully saturated rings. The van der Waals surface area contributed by atoms with Crippen molar-refractivity contribution in [3.8, 4) is 0 Å². The number of nitrogens with zero attached hydrogens (tertiary/aromatic N) is 2. The van der Waals surface area contributed by atoms with E-state index in [1.807, 2.05) is 12.1 Å². The van der Waals surface area contributed by atoms with Crippen LogP contribution in [0, 0.1) is 5.92 Å². The number of piperidine rings is 2. The Labute approximate surface area is 177 Å². The van der Waals surface area contributed by atoms with Gasteiger partial charge >= 0.3 is 0 Å². The second kappa shape index (κ2) is 7.46. The number of hydrogen-bond acceptors (Lipinski definition) is 5. The van der Waals surface area contributed by atoms with E-state index >= 15 is 0 Å². The highest BCUT2D eigenvalue weighted by atomic mass is 16.2. The molecule has 3 amide bonds. The lowest BCUT2D eigenvalue weighted by Crippen LogP contribution is -2.59. The molecular weight excluding hydrogens is 380 g/mol. The molecule has 3 atom stereocenters. The summed E-state index contributed by atoms with van der Waals surface area (Å²) < 4.78 is 0. The number of carbonyl (C=O) groups excluding carboxylic acids is 3. The Morgan fingerprint density at radius 1 is 1.23 bits per heavy atom. The SMILES string of the molecule is CNC12CCCC(CN(Cc3ccc4c(c3)C(=O)N(C3CCC(=O)NC3=O)C4)C1)C2. The summed E-state index contributed by atoms with van der Waals surface area (Å²) in [4.78, 5) is 40.9. The van der Waals surface area contributed by atoms with Crippen molar-refractivity contribution >= 4 is 17.7 Å². The van der Waals surface area contributed by atoms with Crippen molar-refractivity contribution in [1.82, 2.24) is 20.4 Å². The van der Waals surface area contributed by atoms with Crippen molar-refractivity contribution in [2.75, 3.05) is 20.1 Å². The van der Waals surface area contributed by atoms with Crippen LogP contribution in [-0.2, 0) is 22.7 Å². The molecule has 1 aliphatic carbocycles. The predicted octanol–water partition coefficient (Wildman–Crippen LogP) is 1.41. The lowest BCUT2D eigenvalue weighted by Gasteiger charge is -2.50. The van der Waals surface area contributed by atoms with Crippen molar-refractivity contribution < 1.29 is 14.4 Å². The number of amides is 3. The predicted molar refractivity (Wildman–Crippen MR) is 112 cm³/mol. The molecule has 3 aliphatic heterocycles. The number of nitrogens with one attached hydrogen (secondary N) is 2. The Morgan fingerprint density at radius 2 is 2.10 bits per heavy atom. The first-order valence-corrected chi connectivity index (χ1v) is 11.1. The van der Waals surface area contributed by atoms with Crippen LogP contribution < -0.4 is 10.6 Å². The summed E-state index contributed by atoms with van der Waals surface area (Å²) in [6.07, 6.45) is 5.81. The highest BCUT2D eigenvalue weighted by molar-refractivity contribution is 6.05. The fraction of sp³-hybridized carbons (Fsp3) is 0.609. The van der Waals surface area contributed by atoms with Gasteiger partial charge in [-0.25, -0.2) is 0 Å². The van der Waals surface area contributed by atoms with E-state index in [2.05, 4.69) is 28.6 Å². The Kier molecular flexibility index (Phi) is 4.90. The van der Waals surface area contributed by atoms with Gasteiger partial charge in [-0.1, -0.05) is 18.6 Å². The Bertz CT molecular complexity index is 900. The van der Waals surface area contributed by atoms with Crippen molar-refractivity contribution in [3.63, 3.8) is 0 Å². The first-order valence-electron chi connectivity index (χ1n) is 11.1. The van der Waals surface area contributed by atoms with Gasteiger partial charge in [0.1, 0.15) is 6.04 Å². The molecule has 0 spiro atoms. The number of carbonyl (C=O) groups is 3. The summed E-state index contributed by atoms with van der Waals surface area (Å²) in [6.45, 7) is 3.46. The summed E-state index contributed by atoms with van der Waals surface area (Å²) in [7, 11) is 2.09. The molecule has 5 rings (SSSR count). The molecule has 2 N–H and O–H groups in total. The quantitative estimate of drug-likeness (QED) is 0.734. The molecular formula is C23H30N4O3. The zero-order chi connectivity index (χ0) is 20.9. The molecule has 2 bridgehead atoms. The second-order valence-electron chi connectivity index (χ2n) is 9.55. The molecule has 3 unspecified atom stereocenters. The maximum absolute atomic E-state index is 13.1. The van der Waals surface area contributed by atoms with Gasteiger partial charge in [0, 0.05) is 43.7 Å². The normalized spacial score (nSPS) is 31.6. The van der Waals surface area contributed by atoms with Gasteiger partial charge in [0.25, 0.3) is 5.91 Å². The van der Waals surface area contributed by atoms with Crippen molar-refractivity contribution in [2.45, 2.75) is 63.2 Å². The molecule has 1 aromatic carbocycles. The third kappa shape index (κ3) is 3.44. The minimum absolute atomic E-state index is 0.0939. The second-order valence-corrected chi connectivity index (χ2v) is 9.55. The molecule has 1 saturated carbocycles. The van der Waals surface area contributed by atoms with Crippen LogP contribution in [0.25, 0.3) is 0 Å². The average Bonchev–Trinajstić information content (AvgIpc) is 3.04. The number of imide groups is 1. The Hall–Kier alpha value is -2.25. The highest BCUT2D eigenvalue weighted by Gasteiger charge is 2.42. The van der Waals surface area contributed by atoms with Gasteiger partial charge in [-0.15, -0.1) is 0 Å². The topological polar surface area (TPSA) is 81.8 Å². The van der Waals surface area contributed by atoms with E-state index in [9.17, 15) is 14.4 Å². The van der Waals surface area contributed by atoms with Crippen LogP contribution in [0.5, 0.6) is 0 Å². The first kappa shape index (κ1) is 19.7. The van der Waals surface area contributed by atoms with E-state index in [-0.39, 0.29) is 29.7 Å². The van der Waals surface area contributed by atoms with Gasteiger partial charge in [-0.3, -0.25) is 24.6 Å². The van der Waals surface area contributed by atoms with Gasteiger partial charge in [0.05, 0.1) is 0 Å². The molecule has 160 valence electrons. The number of likely N-dealkylation sites (N-methyl/N-ethyl adjacent to an activating group) is 1. The third-order valence-corrected chi connectivity index (χ3v) is 7.52. The standard InChI is InChI=1S/C23H30N4O3/c1-24-23-8-2-3-16(10-23)12-26(14-23)11-15-4-5-17-13-27(22(30)18(17)9-15)19-6-7-20(28)25-21(19)29/h4-5,9,16,19,24H,2-3,6-8,10-14H2,1H3,(H,25,28,29). The number of hydrogen-bond donors (Lipinski definition) is 2. The maximum atomic E-state index is 13.1. The molecule has 4 aliphatic rings. The molecule has 2 saturated heterocycles. The van der Waals surface area contributed by atoms with Gasteiger partial charge in [0.15, 0.2) is 0 Å². The number of benzene rings is 1. The molecule has 0 aromatic heterocycles. The molecule has 7 heteroatoms. The van der Waals surface area contributed by atoms with Crippen LogP contribution in [0.2, 0.25) is 0 Å². The molecule has 0 radical (unpaired) electrons. The van der Waals surface area contributed by atoms with Gasteiger partial charge in [-0.2, -0.15) is 0 Å². The minimum Gasteiger partial charge on any atom is -0.322 e. The van der Waals surface area contributed by atoms with Crippen LogP contribution in [0.15, 0.2) is 18.2 Å². The van der Waals surface area contributed by atoms with Crippen LogP contribution in [0.4, 0.5) is 0 Å². The number of fused-ring (bicyclic) bond motifs is 3. The van der Waals surface area contributed by atoms with E-state index in [1.54, 1.807) is 4.90 Å². The van der Waals surface area contributed by atoms with Crippen LogP contribution in [-0.4, -0.2) is 59.2 Å². The number of rotatable bonds is 4. The smallest absolute Gasteiger partial charge is 0.255 e. The van der Waals surface area contributed by atoms with E-state index in [0.717, 1.165) is 36.7 Å². The summed E-state index contributed by atoms with van der Waals surface area (Å²) in [5.41, 5.74) is 3.06. The third-order valence-electron chi connectivity index (χ3n) is 7.52. The lowest BCUT2D eigenvalue weighted by atomic mass is 9.72. The largest absolute Gasteiger partial charge is 0.322 e. The average molecular weight is 411 g/mol. The Balaban J connectivity index is 1.30. The zero-order valence-electron chi connectivity index (χ0n) is 17.6. The zero-order valence-corrected chi connectivity index (χ0v) is 17.6. The van der Waals surface area contributed by atoms with Crippen molar-refractivity contribution in [2.24, 2.45) is 5.92 Å². The van der Waals surface area contributed by atoms with E-state index in [0.29, 0.717) is 18.5 Å². The summed E-state index contributed by atoms with van der Waals surface area (Å²) in [5.74, 6) is 0.0424. The highest BCUT2D eigenvalue weighted by Crippen LogP contribution is 2.38. The first-order chi connectivity index (χ1) is 14.5. The van der Waals surface area contributed by atoms with Crippen LogP contribution >= 0.6 is 0 Å². The van der Waals surface area contributed by atoms with E-state index in [4.69, 9.17) is 0 Å². The van der Waals surface area contributed by atoms with Gasteiger partial charge in [0.2, 0.25) is 11.8 Å². The summed E-state index contributed by atoms with van der Waals surface area (Å²) in [5, 5.41) is 5.96. The van der Waals surface area contributed by atoms with Crippen molar-refractivity contribution in [1.29, 1.82) is 0 Å². The van der Waals surface area contributed by atoms with Crippen LogP contribution in [0.1, 0.15) is 60.0 Å². The van der Waals surface area contributed by atoms with Crippen LogP contribution in [0.3, 0.4) is 0 Å². The minimum atomic E-state index is -0.553. The monoisotopic (exact) mass is 410 g/mol. The fourth-order valence-corrected chi connectivity index (χ4v) is 6.03. The van der Waals surface area contributed by atoms with Gasteiger partial charge < -0.3 is 10.2 Å². The molecule has 30 heavy (non-hydrogen) atoms. The van der Waals surface area contributed by atoms with E-state index < -0.39 is 6.04 Å². The summed E-state index contributed by atoms with van der Waals surface area (Å²) in [6, 6.07) is 5.62. The lowest BCUT2D eigenvalue weighted by molar-refractivity contribution is -0.136. The number of likely N-dealkylation sites (tertiary alicyclic amines) is 1. The molecule has 1 aromatic rings.